The number of rotatable bonds is 5. The number of hydrogen-bond donors (Lipinski definition) is 0. The maximum absolute atomic E-state index is 5.11. The molecule has 0 aliphatic heterocycles. The Kier molecular flexibility index (Phi) is 6.33. The first kappa shape index (κ1) is 25.6. The monoisotopic (exact) mass is 556 g/mol. The SMILES string of the molecule is c1ccc(C2(c3ccc(-c4cccc(-c5cccc(-n6c7ccccc7c7ncccc76)n5)n4)cc3)CCCCC2)cc1. The van der Waals surface area contributed by atoms with Crippen LogP contribution in [0.1, 0.15) is 43.2 Å². The minimum Gasteiger partial charge on any atom is -0.292 e. The molecule has 4 aromatic heterocycles. The molecule has 3 aromatic carbocycles. The third kappa shape index (κ3) is 4.42. The van der Waals surface area contributed by atoms with Gasteiger partial charge in [-0.05, 0) is 66.4 Å². The number of nitrogens with zero attached hydrogens (tertiary/aromatic N) is 4. The molecule has 0 unspecified atom stereocenters. The van der Waals surface area contributed by atoms with Gasteiger partial charge in [0.2, 0.25) is 0 Å². The molecule has 208 valence electrons. The molecule has 0 bridgehead atoms. The molecule has 0 N–H and O–H groups in total. The Morgan fingerprint density at radius 2 is 1.19 bits per heavy atom. The fourth-order valence-corrected chi connectivity index (χ4v) is 7.08. The number of fused-ring (bicyclic) bond motifs is 3. The van der Waals surface area contributed by atoms with Crippen molar-refractivity contribution in [1.82, 2.24) is 19.5 Å². The third-order valence-corrected chi connectivity index (χ3v) is 9.17. The van der Waals surface area contributed by atoms with Crippen molar-refractivity contribution >= 4 is 21.9 Å². The average Bonchev–Trinajstić information content (AvgIpc) is 3.44. The summed E-state index contributed by atoms with van der Waals surface area (Å²) in [5.74, 6) is 0.854. The Balaban J connectivity index is 1.15. The van der Waals surface area contributed by atoms with Gasteiger partial charge >= 0.3 is 0 Å². The second kappa shape index (κ2) is 10.6. The van der Waals surface area contributed by atoms with Crippen molar-refractivity contribution in [3.63, 3.8) is 0 Å². The normalized spacial score (nSPS) is 14.7. The molecule has 0 radical (unpaired) electrons. The van der Waals surface area contributed by atoms with E-state index in [4.69, 9.17) is 9.97 Å². The zero-order valence-corrected chi connectivity index (χ0v) is 24.0. The largest absolute Gasteiger partial charge is 0.292 e. The first-order chi connectivity index (χ1) is 21.3. The predicted octanol–water partition coefficient (Wildman–Crippen LogP) is 9.55. The van der Waals surface area contributed by atoms with Crippen LogP contribution < -0.4 is 0 Å². The zero-order chi connectivity index (χ0) is 28.6. The lowest BCUT2D eigenvalue weighted by molar-refractivity contribution is 0.346. The Labute approximate surface area is 251 Å². The molecule has 1 fully saturated rings. The van der Waals surface area contributed by atoms with Crippen molar-refractivity contribution in [2.45, 2.75) is 37.5 Å². The van der Waals surface area contributed by atoms with Crippen molar-refractivity contribution < 1.29 is 0 Å². The first-order valence-corrected chi connectivity index (χ1v) is 15.3. The lowest BCUT2D eigenvalue weighted by Crippen LogP contribution is -2.30. The smallest absolute Gasteiger partial charge is 0.138 e. The van der Waals surface area contributed by atoms with Crippen LogP contribution in [-0.2, 0) is 5.41 Å². The van der Waals surface area contributed by atoms with E-state index in [0.29, 0.717) is 0 Å². The first-order valence-electron chi connectivity index (χ1n) is 15.3. The van der Waals surface area contributed by atoms with Gasteiger partial charge in [0, 0.05) is 22.6 Å². The predicted molar refractivity (Wildman–Crippen MR) is 175 cm³/mol. The lowest BCUT2D eigenvalue weighted by atomic mass is 9.65. The van der Waals surface area contributed by atoms with Crippen LogP contribution in [0.2, 0.25) is 0 Å². The minimum absolute atomic E-state index is 0.0972. The van der Waals surface area contributed by atoms with Gasteiger partial charge in [-0.2, -0.15) is 0 Å². The van der Waals surface area contributed by atoms with Gasteiger partial charge in [0.1, 0.15) is 5.82 Å². The molecule has 4 nitrogen and oxygen atoms in total. The highest BCUT2D eigenvalue weighted by Crippen LogP contribution is 2.45. The van der Waals surface area contributed by atoms with Crippen molar-refractivity contribution in [1.29, 1.82) is 0 Å². The highest BCUT2D eigenvalue weighted by atomic mass is 15.1. The van der Waals surface area contributed by atoms with Crippen molar-refractivity contribution in [3.05, 3.63) is 145 Å². The average molecular weight is 557 g/mol. The Hall–Kier alpha value is -5.09. The summed E-state index contributed by atoms with van der Waals surface area (Å²) in [6.45, 7) is 0. The number of hydrogen-bond acceptors (Lipinski definition) is 3. The lowest BCUT2D eigenvalue weighted by Gasteiger charge is -2.38. The quantitative estimate of drug-likeness (QED) is 0.212. The fourth-order valence-electron chi connectivity index (χ4n) is 7.08. The third-order valence-electron chi connectivity index (χ3n) is 9.17. The number of pyridine rings is 3. The minimum atomic E-state index is 0.0972. The van der Waals surface area contributed by atoms with Crippen molar-refractivity contribution in [2.24, 2.45) is 0 Å². The Morgan fingerprint density at radius 3 is 2.02 bits per heavy atom. The molecule has 7 aromatic rings. The molecule has 1 saturated carbocycles. The maximum Gasteiger partial charge on any atom is 0.138 e. The zero-order valence-electron chi connectivity index (χ0n) is 24.0. The molecule has 0 amide bonds. The Bertz CT molecular complexity index is 2000. The molecular weight excluding hydrogens is 524 g/mol. The number of para-hydroxylation sites is 1. The van der Waals surface area contributed by atoms with Crippen molar-refractivity contribution in [2.75, 3.05) is 0 Å². The molecule has 1 aliphatic rings. The van der Waals surface area contributed by atoms with E-state index in [2.05, 4.69) is 119 Å². The van der Waals surface area contributed by atoms with E-state index >= 15 is 0 Å². The summed E-state index contributed by atoms with van der Waals surface area (Å²) < 4.78 is 2.19. The summed E-state index contributed by atoms with van der Waals surface area (Å²) in [5.41, 5.74) is 9.84. The molecule has 0 saturated heterocycles. The molecular formula is C39H32N4. The highest BCUT2D eigenvalue weighted by molar-refractivity contribution is 6.06. The van der Waals surface area contributed by atoms with Gasteiger partial charge in [-0.1, -0.05) is 104 Å². The van der Waals surface area contributed by atoms with E-state index in [1.54, 1.807) is 0 Å². The van der Waals surface area contributed by atoms with Crippen LogP contribution in [0.5, 0.6) is 0 Å². The summed E-state index contributed by atoms with van der Waals surface area (Å²) in [7, 11) is 0. The van der Waals surface area contributed by atoms with Gasteiger partial charge in [0.25, 0.3) is 0 Å². The molecule has 0 spiro atoms. The van der Waals surface area contributed by atoms with Gasteiger partial charge in [-0.15, -0.1) is 0 Å². The molecule has 8 rings (SSSR count). The summed E-state index contributed by atoms with van der Waals surface area (Å²) in [6.07, 6.45) is 8.13. The molecule has 4 heterocycles. The van der Waals surface area contributed by atoms with Crippen molar-refractivity contribution in [3.8, 4) is 28.5 Å². The van der Waals surface area contributed by atoms with Crippen LogP contribution in [0.25, 0.3) is 50.4 Å². The van der Waals surface area contributed by atoms with Crippen LogP contribution in [0.3, 0.4) is 0 Å². The van der Waals surface area contributed by atoms with Crippen LogP contribution in [-0.4, -0.2) is 19.5 Å². The highest BCUT2D eigenvalue weighted by Gasteiger charge is 2.35. The number of benzene rings is 3. The standard InChI is InChI=1S/C39H32N4/c1-3-12-29(13-4-1)39(25-7-2-8-26-39)30-23-21-28(22-24-30)32-15-9-16-33(41-32)34-17-10-20-37(42-34)43-35-18-6-5-14-31(35)38-36(43)19-11-27-40-38/h1,3-6,9-24,27H,2,7-8,25-26H2. The van der Waals surface area contributed by atoms with Gasteiger partial charge in [0.15, 0.2) is 0 Å². The van der Waals surface area contributed by atoms with Crippen LogP contribution in [0, 0.1) is 0 Å². The van der Waals surface area contributed by atoms with Gasteiger partial charge in [-0.25, -0.2) is 9.97 Å². The number of aromatic nitrogens is 4. The summed E-state index contributed by atoms with van der Waals surface area (Å²) in [6, 6.07) is 45.1. The molecule has 4 heteroatoms. The van der Waals surface area contributed by atoms with E-state index in [-0.39, 0.29) is 5.41 Å². The van der Waals surface area contributed by atoms with Gasteiger partial charge < -0.3 is 0 Å². The topological polar surface area (TPSA) is 43.6 Å². The molecule has 43 heavy (non-hydrogen) atoms. The van der Waals surface area contributed by atoms with Crippen LogP contribution in [0.4, 0.5) is 0 Å². The van der Waals surface area contributed by atoms with Gasteiger partial charge in [0.05, 0.1) is 33.6 Å². The van der Waals surface area contributed by atoms with Gasteiger partial charge in [-0.3, -0.25) is 9.55 Å². The second-order valence-electron chi connectivity index (χ2n) is 11.6. The van der Waals surface area contributed by atoms with E-state index in [1.807, 2.05) is 24.4 Å². The van der Waals surface area contributed by atoms with E-state index in [0.717, 1.165) is 50.4 Å². The van der Waals surface area contributed by atoms with Crippen LogP contribution in [0.15, 0.2) is 134 Å². The summed E-state index contributed by atoms with van der Waals surface area (Å²) in [5, 5.41) is 1.12. The second-order valence-corrected chi connectivity index (χ2v) is 11.6. The van der Waals surface area contributed by atoms with E-state index in [1.165, 1.54) is 43.2 Å². The Morgan fingerprint density at radius 1 is 0.512 bits per heavy atom. The summed E-state index contributed by atoms with van der Waals surface area (Å²) in [4.78, 5) is 14.9. The maximum atomic E-state index is 5.11. The van der Waals surface area contributed by atoms with Crippen LogP contribution >= 0.6 is 0 Å². The molecule has 1 aliphatic carbocycles. The molecule has 0 atom stereocenters. The van der Waals surface area contributed by atoms with E-state index < -0.39 is 0 Å². The fraction of sp³-hybridized carbons (Fsp3) is 0.154. The summed E-state index contributed by atoms with van der Waals surface area (Å²) >= 11 is 0. The van der Waals surface area contributed by atoms with E-state index in [9.17, 15) is 0 Å².